The number of nitrogens with zero attached hydrogens (tertiary/aromatic N) is 3. The van der Waals surface area contributed by atoms with Crippen LogP contribution in [0.1, 0.15) is 29.5 Å². The molecular formula is C21H17N3O. The van der Waals surface area contributed by atoms with Gasteiger partial charge in [0.15, 0.2) is 0 Å². The number of fused-ring (bicyclic) bond motifs is 1. The first-order valence-corrected chi connectivity index (χ1v) is 8.45. The van der Waals surface area contributed by atoms with E-state index < -0.39 is 0 Å². The molecule has 4 nitrogen and oxygen atoms in total. The van der Waals surface area contributed by atoms with Crippen molar-refractivity contribution in [2.75, 3.05) is 13.2 Å². The number of rotatable bonds is 1. The molecule has 0 bridgehead atoms. The Labute approximate surface area is 147 Å². The molecule has 4 heteroatoms. The van der Waals surface area contributed by atoms with Gasteiger partial charge in [-0.2, -0.15) is 15.5 Å². The highest BCUT2D eigenvalue weighted by atomic mass is 16.5. The molecule has 1 saturated heterocycles. The summed E-state index contributed by atoms with van der Waals surface area (Å²) in [5, 5.41) is 18.3. The minimum Gasteiger partial charge on any atom is -0.381 e. The average molecular weight is 327 g/mol. The summed E-state index contributed by atoms with van der Waals surface area (Å²) >= 11 is 0. The molecule has 0 radical (unpaired) electrons. The molecule has 0 aromatic heterocycles. The Morgan fingerprint density at radius 2 is 1.80 bits per heavy atom. The van der Waals surface area contributed by atoms with Gasteiger partial charge in [0.05, 0.1) is 17.3 Å². The Morgan fingerprint density at radius 3 is 2.56 bits per heavy atom. The predicted octanol–water partition coefficient (Wildman–Crippen LogP) is 3.85. The second kappa shape index (κ2) is 6.16. The van der Waals surface area contributed by atoms with Crippen LogP contribution < -0.4 is 0 Å². The summed E-state index contributed by atoms with van der Waals surface area (Å²) in [6.45, 7) is 1.44. The van der Waals surface area contributed by atoms with Gasteiger partial charge < -0.3 is 4.74 Å². The fourth-order valence-electron chi connectivity index (χ4n) is 4.04. The third-order valence-corrected chi connectivity index (χ3v) is 5.33. The average Bonchev–Trinajstić information content (AvgIpc) is 2.95. The van der Waals surface area contributed by atoms with E-state index in [0.29, 0.717) is 5.56 Å². The van der Waals surface area contributed by atoms with E-state index in [1.165, 1.54) is 5.56 Å². The maximum absolute atomic E-state index is 9.22. The van der Waals surface area contributed by atoms with Gasteiger partial charge in [-0.1, -0.05) is 24.3 Å². The zero-order valence-corrected chi connectivity index (χ0v) is 13.8. The Hall–Kier alpha value is -2.95. The van der Waals surface area contributed by atoms with Crippen molar-refractivity contribution in [2.45, 2.75) is 19.3 Å². The summed E-state index contributed by atoms with van der Waals surface area (Å²) in [7, 11) is 0. The molecule has 0 N–H and O–H groups in total. The lowest BCUT2D eigenvalue weighted by Crippen LogP contribution is -2.35. The molecule has 4 rings (SSSR count). The minimum atomic E-state index is -0.0660. The number of hydrogen-bond donors (Lipinski definition) is 0. The molecule has 1 heterocycles. The van der Waals surface area contributed by atoms with Gasteiger partial charge >= 0.3 is 0 Å². The van der Waals surface area contributed by atoms with Crippen LogP contribution in [-0.4, -0.2) is 18.9 Å². The van der Waals surface area contributed by atoms with Crippen LogP contribution in [0.5, 0.6) is 0 Å². The first-order chi connectivity index (χ1) is 12.3. The van der Waals surface area contributed by atoms with Gasteiger partial charge in [0.25, 0.3) is 0 Å². The Balaban J connectivity index is 1.80. The molecule has 0 unspecified atom stereocenters. The van der Waals surface area contributed by atoms with Crippen LogP contribution in [0.15, 0.2) is 47.5 Å². The third kappa shape index (κ3) is 2.61. The van der Waals surface area contributed by atoms with E-state index >= 15 is 0 Å². The highest BCUT2D eigenvalue weighted by molar-refractivity contribution is 6.10. The molecule has 122 valence electrons. The van der Waals surface area contributed by atoms with Gasteiger partial charge in [-0.3, -0.25) is 0 Å². The highest BCUT2D eigenvalue weighted by Gasteiger charge is 2.44. The van der Waals surface area contributed by atoms with Gasteiger partial charge in [0.2, 0.25) is 6.19 Å². The summed E-state index contributed by atoms with van der Waals surface area (Å²) in [5.41, 5.74) is 5.86. The fraction of sp³-hybridized carbons (Fsp3) is 0.286. The van der Waals surface area contributed by atoms with Crippen molar-refractivity contribution in [2.24, 2.45) is 10.4 Å². The number of ether oxygens (including phenoxy) is 1. The summed E-state index contributed by atoms with van der Waals surface area (Å²) in [6, 6.07) is 16.1. The van der Waals surface area contributed by atoms with Gasteiger partial charge in [-0.25, -0.2) is 0 Å². The van der Waals surface area contributed by atoms with Crippen molar-refractivity contribution in [1.82, 2.24) is 0 Å². The molecule has 2 aliphatic rings. The molecule has 0 atom stereocenters. The van der Waals surface area contributed by atoms with Crippen LogP contribution in [0.2, 0.25) is 0 Å². The van der Waals surface area contributed by atoms with E-state index in [1.54, 1.807) is 6.07 Å². The van der Waals surface area contributed by atoms with Crippen LogP contribution in [0.4, 0.5) is 0 Å². The number of nitriles is 2. The maximum Gasteiger partial charge on any atom is 0.205 e. The molecule has 25 heavy (non-hydrogen) atoms. The second-order valence-electron chi connectivity index (χ2n) is 6.69. The fourth-order valence-corrected chi connectivity index (χ4v) is 4.04. The van der Waals surface area contributed by atoms with E-state index in [9.17, 15) is 5.26 Å². The Morgan fingerprint density at radius 1 is 1.00 bits per heavy atom. The van der Waals surface area contributed by atoms with Gasteiger partial charge in [0, 0.05) is 24.2 Å². The largest absolute Gasteiger partial charge is 0.381 e. The Kier molecular flexibility index (Phi) is 3.84. The molecule has 1 fully saturated rings. The molecule has 1 aliphatic carbocycles. The van der Waals surface area contributed by atoms with Crippen molar-refractivity contribution in [3.63, 3.8) is 0 Å². The Bertz CT molecular complexity index is 940. The van der Waals surface area contributed by atoms with Crippen molar-refractivity contribution in [3.8, 4) is 23.4 Å². The maximum atomic E-state index is 9.22. The molecule has 1 aliphatic heterocycles. The van der Waals surface area contributed by atoms with E-state index in [1.807, 2.05) is 24.4 Å². The molecular weight excluding hydrogens is 310 g/mol. The lowest BCUT2D eigenvalue weighted by molar-refractivity contribution is 0.0477. The van der Waals surface area contributed by atoms with Crippen molar-refractivity contribution < 1.29 is 4.74 Å². The van der Waals surface area contributed by atoms with E-state index in [4.69, 9.17) is 10.00 Å². The van der Waals surface area contributed by atoms with E-state index in [-0.39, 0.29) is 5.41 Å². The standard InChI is InChI=1S/C21H17N3O/c22-13-15-2-1-3-16(10-15)17-4-5-18-12-21(6-8-25-9-7-21)20(24-14-23)19(18)11-17/h1-5,10-11H,6-9,12H2/b24-20-. The highest BCUT2D eigenvalue weighted by Crippen LogP contribution is 2.45. The molecule has 2 aromatic rings. The molecule has 0 saturated carbocycles. The monoisotopic (exact) mass is 327 g/mol. The number of hydrogen-bond acceptors (Lipinski definition) is 4. The summed E-state index contributed by atoms with van der Waals surface area (Å²) in [5.74, 6) is 0. The predicted molar refractivity (Wildman–Crippen MR) is 94.9 cm³/mol. The van der Waals surface area contributed by atoms with Crippen molar-refractivity contribution >= 4 is 5.71 Å². The second-order valence-corrected chi connectivity index (χ2v) is 6.69. The summed E-state index contributed by atoms with van der Waals surface area (Å²) in [6.07, 6.45) is 4.73. The van der Waals surface area contributed by atoms with E-state index in [0.717, 1.165) is 54.9 Å². The van der Waals surface area contributed by atoms with E-state index in [2.05, 4.69) is 29.3 Å². The minimum absolute atomic E-state index is 0.0660. The van der Waals surface area contributed by atoms with Crippen molar-refractivity contribution in [3.05, 3.63) is 59.2 Å². The molecule has 1 spiro atoms. The normalized spacial score (nSPS) is 19.4. The van der Waals surface area contributed by atoms with Crippen LogP contribution in [0.25, 0.3) is 11.1 Å². The first kappa shape index (κ1) is 15.6. The van der Waals surface area contributed by atoms with Crippen LogP contribution >= 0.6 is 0 Å². The quantitative estimate of drug-likeness (QED) is 0.747. The molecule has 0 amide bonds. The smallest absolute Gasteiger partial charge is 0.205 e. The zero-order valence-electron chi connectivity index (χ0n) is 13.8. The van der Waals surface area contributed by atoms with Gasteiger partial charge in [-0.05, 0) is 54.2 Å². The summed E-state index contributed by atoms with van der Waals surface area (Å²) < 4.78 is 5.53. The lowest BCUT2D eigenvalue weighted by atomic mass is 9.76. The van der Waals surface area contributed by atoms with Gasteiger partial charge in [0.1, 0.15) is 0 Å². The lowest BCUT2D eigenvalue weighted by Gasteiger charge is -2.33. The SMILES string of the molecule is N#C/N=C1/c2cc(-c3cccc(C#N)c3)ccc2CC12CCOCC2. The van der Waals surface area contributed by atoms with Crippen molar-refractivity contribution in [1.29, 1.82) is 10.5 Å². The molecule has 2 aromatic carbocycles. The number of aliphatic imine (C=N–C) groups is 1. The zero-order chi connectivity index (χ0) is 17.3. The van der Waals surface area contributed by atoms with Gasteiger partial charge in [-0.15, -0.1) is 0 Å². The van der Waals surface area contributed by atoms with Crippen LogP contribution in [0, 0.1) is 28.2 Å². The first-order valence-electron chi connectivity index (χ1n) is 8.45. The number of benzene rings is 2. The van der Waals surface area contributed by atoms with Crippen LogP contribution in [-0.2, 0) is 11.2 Å². The topological polar surface area (TPSA) is 69.2 Å². The third-order valence-electron chi connectivity index (χ3n) is 5.33. The van der Waals surface area contributed by atoms with Crippen LogP contribution in [0.3, 0.4) is 0 Å². The summed E-state index contributed by atoms with van der Waals surface area (Å²) in [4.78, 5) is 4.22.